The molecule has 1 fully saturated rings. The minimum Gasteiger partial charge on any atom is -0.329 e. The van der Waals surface area contributed by atoms with Crippen LogP contribution in [0, 0.1) is 0 Å². The molecular formula is C13H12Cl2N4O. The zero-order chi connectivity index (χ0) is 14.1. The Kier molecular flexibility index (Phi) is 3.63. The van der Waals surface area contributed by atoms with Crippen molar-refractivity contribution in [3.8, 4) is 0 Å². The normalized spacial score (nSPS) is 18.5. The van der Waals surface area contributed by atoms with Crippen LogP contribution in [0.4, 0.5) is 0 Å². The Labute approximate surface area is 125 Å². The first-order chi connectivity index (χ1) is 9.66. The van der Waals surface area contributed by atoms with Crippen molar-refractivity contribution in [2.75, 3.05) is 6.54 Å². The molecule has 1 aromatic heterocycles. The molecule has 0 radical (unpaired) electrons. The largest absolute Gasteiger partial charge is 0.329 e. The van der Waals surface area contributed by atoms with Crippen LogP contribution in [0.1, 0.15) is 35.1 Å². The van der Waals surface area contributed by atoms with E-state index < -0.39 is 0 Å². The molecule has 1 aromatic carbocycles. The average Bonchev–Trinajstić information content (AvgIpc) is 3.11. The zero-order valence-corrected chi connectivity index (χ0v) is 12.0. The molecule has 3 rings (SSSR count). The number of H-pyrrole nitrogens is 1. The Morgan fingerprint density at radius 2 is 2.20 bits per heavy atom. The van der Waals surface area contributed by atoms with E-state index in [1.807, 2.05) is 12.1 Å². The summed E-state index contributed by atoms with van der Waals surface area (Å²) in [6.45, 7) is 0.699. The Morgan fingerprint density at radius 1 is 1.35 bits per heavy atom. The lowest BCUT2D eigenvalue weighted by atomic mass is 10.0. The van der Waals surface area contributed by atoms with Gasteiger partial charge in [-0.05, 0) is 30.5 Å². The minimum atomic E-state index is -0.143. The van der Waals surface area contributed by atoms with E-state index in [1.165, 1.54) is 6.33 Å². The topological polar surface area (TPSA) is 61.9 Å². The maximum atomic E-state index is 12.4. The summed E-state index contributed by atoms with van der Waals surface area (Å²) in [6.07, 6.45) is 3.18. The van der Waals surface area contributed by atoms with E-state index in [1.54, 1.807) is 11.0 Å². The van der Waals surface area contributed by atoms with E-state index in [2.05, 4.69) is 15.2 Å². The zero-order valence-electron chi connectivity index (χ0n) is 10.5. The van der Waals surface area contributed by atoms with Gasteiger partial charge < -0.3 is 4.90 Å². The minimum absolute atomic E-state index is 0.00219. The van der Waals surface area contributed by atoms with Gasteiger partial charge in [-0.15, -0.1) is 0 Å². The Balaban J connectivity index is 1.88. The lowest BCUT2D eigenvalue weighted by Gasteiger charge is -2.24. The van der Waals surface area contributed by atoms with E-state index >= 15 is 0 Å². The highest BCUT2D eigenvalue weighted by molar-refractivity contribution is 6.42. The van der Waals surface area contributed by atoms with Gasteiger partial charge in [-0.3, -0.25) is 9.89 Å². The first kappa shape index (κ1) is 13.4. The quantitative estimate of drug-likeness (QED) is 0.927. The third-order valence-electron chi connectivity index (χ3n) is 3.46. The van der Waals surface area contributed by atoms with Crippen molar-refractivity contribution < 1.29 is 4.79 Å². The van der Waals surface area contributed by atoms with E-state index in [-0.39, 0.29) is 17.8 Å². The smallest absolute Gasteiger partial charge is 0.291 e. The molecule has 1 N–H and O–H groups in total. The van der Waals surface area contributed by atoms with Crippen LogP contribution in [0.2, 0.25) is 10.0 Å². The molecule has 0 saturated carbocycles. The summed E-state index contributed by atoms with van der Waals surface area (Å²) in [5.74, 6) is 0.119. The van der Waals surface area contributed by atoms with Crippen LogP contribution in [0.15, 0.2) is 24.5 Å². The number of aromatic amines is 1. The van der Waals surface area contributed by atoms with Crippen LogP contribution in [0.5, 0.6) is 0 Å². The number of likely N-dealkylation sites (tertiary alicyclic amines) is 1. The van der Waals surface area contributed by atoms with E-state index in [9.17, 15) is 4.79 Å². The summed E-state index contributed by atoms with van der Waals surface area (Å²) in [6, 6.07) is 5.49. The molecule has 1 amide bonds. The molecular weight excluding hydrogens is 299 g/mol. The highest BCUT2D eigenvalue weighted by Crippen LogP contribution is 2.35. The fourth-order valence-electron chi connectivity index (χ4n) is 2.52. The van der Waals surface area contributed by atoms with Gasteiger partial charge in [0.2, 0.25) is 5.82 Å². The Morgan fingerprint density at radius 3 is 2.90 bits per heavy atom. The van der Waals surface area contributed by atoms with Crippen LogP contribution >= 0.6 is 23.2 Å². The maximum absolute atomic E-state index is 12.4. The fraction of sp³-hybridized carbons (Fsp3) is 0.308. The molecule has 2 aromatic rings. The second kappa shape index (κ2) is 5.42. The van der Waals surface area contributed by atoms with Crippen molar-refractivity contribution in [2.24, 2.45) is 0 Å². The van der Waals surface area contributed by atoms with Crippen LogP contribution in [-0.4, -0.2) is 32.5 Å². The Hall–Kier alpha value is -1.59. The summed E-state index contributed by atoms with van der Waals surface area (Å²) < 4.78 is 0. The average molecular weight is 311 g/mol. The number of aromatic nitrogens is 3. The number of rotatable bonds is 2. The lowest BCUT2D eigenvalue weighted by Crippen LogP contribution is -2.31. The predicted octanol–water partition coefficient (Wildman–Crippen LogP) is 3.09. The summed E-state index contributed by atoms with van der Waals surface area (Å²) in [7, 11) is 0. The number of nitrogens with zero attached hydrogens (tertiary/aromatic N) is 3. The van der Waals surface area contributed by atoms with Crippen molar-refractivity contribution in [3.63, 3.8) is 0 Å². The van der Waals surface area contributed by atoms with Crippen molar-refractivity contribution in [2.45, 2.75) is 18.9 Å². The molecule has 5 nitrogen and oxygen atoms in total. The van der Waals surface area contributed by atoms with Gasteiger partial charge in [-0.2, -0.15) is 5.10 Å². The molecule has 0 aliphatic carbocycles. The SMILES string of the molecule is O=C(c1ncn[nH]1)N1CCCC1c1ccc(Cl)c(Cl)c1. The summed E-state index contributed by atoms with van der Waals surface area (Å²) in [5, 5.41) is 7.34. The molecule has 1 aliphatic heterocycles. The van der Waals surface area contributed by atoms with E-state index in [0.29, 0.717) is 16.6 Å². The van der Waals surface area contributed by atoms with Crippen LogP contribution in [-0.2, 0) is 0 Å². The number of nitrogens with one attached hydrogen (secondary N) is 1. The highest BCUT2D eigenvalue weighted by Gasteiger charge is 2.32. The molecule has 20 heavy (non-hydrogen) atoms. The monoisotopic (exact) mass is 310 g/mol. The molecule has 0 spiro atoms. The number of carbonyl (C=O) groups is 1. The molecule has 0 bridgehead atoms. The van der Waals surface area contributed by atoms with Gasteiger partial charge in [0.05, 0.1) is 16.1 Å². The summed E-state index contributed by atoms with van der Waals surface area (Å²) in [5.41, 5.74) is 0.991. The molecule has 1 saturated heterocycles. The van der Waals surface area contributed by atoms with Gasteiger partial charge in [0.15, 0.2) is 0 Å². The first-order valence-electron chi connectivity index (χ1n) is 6.28. The second-order valence-electron chi connectivity index (χ2n) is 4.66. The van der Waals surface area contributed by atoms with Crippen molar-refractivity contribution in [1.82, 2.24) is 20.1 Å². The number of benzene rings is 1. The van der Waals surface area contributed by atoms with Gasteiger partial charge in [-0.1, -0.05) is 29.3 Å². The number of carbonyl (C=O) groups excluding carboxylic acids is 1. The van der Waals surface area contributed by atoms with Crippen molar-refractivity contribution in [3.05, 3.63) is 46.0 Å². The number of amides is 1. The van der Waals surface area contributed by atoms with E-state index in [4.69, 9.17) is 23.2 Å². The van der Waals surface area contributed by atoms with Crippen LogP contribution < -0.4 is 0 Å². The van der Waals surface area contributed by atoms with E-state index in [0.717, 1.165) is 18.4 Å². The fourth-order valence-corrected chi connectivity index (χ4v) is 2.83. The summed E-state index contributed by atoms with van der Waals surface area (Å²) in [4.78, 5) is 18.1. The van der Waals surface area contributed by atoms with Crippen LogP contribution in [0.25, 0.3) is 0 Å². The predicted molar refractivity (Wildman–Crippen MR) is 75.9 cm³/mol. The number of hydrogen-bond acceptors (Lipinski definition) is 3. The molecule has 1 unspecified atom stereocenters. The second-order valence-corrected chi connectivity index (χ2v) is 5.48. The Bertz CT molecular complexity index is 629. The molecule has 2 heterocycles. The third-order valence-corrected chi connectivity index (χ3v) is 4.20. The first-order valence-corrected chi connectivity index (χ1v) is 7.03. The maximum Gasteiger partial charge on any atom is 0.291 e. The lowest BCUT2D eigenvalue weighted by molar-refractivity contribution is 0.0723. The van der Waals surface area contributed by atoms with Gasteiger partial charge >= 0.3 is 0 Å². The summed E-state index contributed by atoms with van der Waals surface area (Å²) >= 11 is 12.0. The molecule has 1 atom stereocenters. The number of halogens is 2. The van der Waals surface area contributed by atoms with Crippen molar-refractivity contribution in [1.29, 1.82) is 0 Å². The van der Waals surface area contributed by atoms with Crippen molar-refractivity contribution >= 4 is 29.1 Å². The van der Waals surface area contributed by atoms with Gasteiger partial charge in [0.1, 0.15) is 6.33 Å². The number of hydrogen-bond donors (Lipinski definition) is 1. The molecule has 7 heteroatoms. The van der Waals surface area contributed by atoms with Gasteiger partial charge in [0, 0.05) is 6.54 Å². The van der Waals surface area contributed by atoms with Gasteiger partial charge in [0.25, 0.3) is 5.91 Å². The molecule has 104 valence electrons. The van der Waals surface area contributed by atoms with Crippen LogP contribution in [0.3, 0.4) is 0 Å². The standard InChI is InChI=1S/C13H12Cl2N4O/c14-9-4-3-8(6-10(9)15)11-2-1-5-19(11)13(20)12-16-7-17-18-12/h3-4,6-7,11H,1-2,5H2,(H,16,17,18). The third kappa shape index (κ3) is 2.39. The highest BCUT2D eigenvalue weighted by atomic mass is 35.5. The molecule has 1 aliphatic rings. The van der Waals surface area contributed by atoms with Gasteiger partial charge in [-0.25, -0.2) is 4.98 Å².